The van der Waals surface area contributed by atoms with Gasteiger partial charge in [-0.25, -0.2) is 0 Å². The summed E-state index contributed by atoms with van der Waals surface area (Å²) in [6, 6.07) is -0.771. The minimum absolute atomic E-state index is 0.405. The van der Waals surface area contributed by atoms with Crippen LogP contribution in [0.5, 0.6) is 0 Å². The topological polar surface area (TPSA) is 91.8 Å². The van der Waals surface area contributed by atoms with Crippen LogP contribution in [0.1, 0.15) is 20.8 Å². The highest BCUT2D eigenvalue weighted by Gasteiger charge is 2.28. The zero-order valence-corrected chi connectivity index (χ0v) is 6.90. The number of hydrogen-bond donors (Lipinski definition) is 1. The number of hydrogen-bond acceptors (Lipinski definition) is 2. The summed E-state index contributed by atoms with van der Waals surface area (Å²) >= 11 is 0. The zero-order chi connectivity index (χ0) is 9.07. The van der Waals surface area contributed by atoms with Crippen LogP contribution < -0.4 is 5.73 Å². The second kappa shape index (κ2) is 3.25. The number of carbonyl (C=O) groups is 1. The van der Waals surface area contributed by atoms with Crippen molar-refractivity contribution in [1.82, 2.24) is 0 Å². The van der Waals surface area contributed by atoms with Crippen LogP contribution in [0.25, 0.3) is 10.4 Å². The second-order valence-corrected chi connectivity index (χ2v) is 3.38. The van der Waals surface area contributed by atoms with Crippen molar-refractivity contribution >= 4 is 5.91 Å². The van der Waals surface area contributed by atoms with Gasteiger partial charge in [-0.05, 0) is 10.9 Å². The maximum Gasteiger partial charge on any atom is 0.226 e. The van der Waals surface area contributed by atoms with Crippen molar-refractivity contribution < 1.29 is 4.79 Å². The summed E-state index contributed by atoms with van der Waals surface area (Å²) in [5.41, 5.74) is 12.7. The summed E-state index contributed by atoms with van der Waals surface area (Å²) in [5, 5.41) is 3.30. The van der Waals surface area contributed by atoms with Crippen molar-refractivity contribution in [3.05, 3.63) is 10.4 Å². The molecule has 5 nitrogen and oxygen atoms in total. The molecule has 0 unspecified atom stereocenters. The molecule has 0 fully saturated rings. The Balaban J connectivity index is 4.61. The first-order chi connectivity index (χ1) is 4.89. The number of nitrogens with zero attached hydrogens (tertiary/aromatic N) is 3. The lowest BCUT2D eigenvalue weighted by atomic mass is 9.87. The van der Waals surface area contributed by atoms with Crippen LogP contribution in [-0.2, 0) is 4.79 Å². The molecule has 0 aromatic carbocycles. The minimum Gasteiger partial charge on any atom is -0.369 e. The predicted molar refractivity (Wildman–Crippen MR) is 41.6 cm³/mol. The number of primary amides is 1. The monoisotopic (exact) mass is 156 g/mol. The van der Waals surface area contributed by atoms with Crippen LogP contribution in [0.4, 0.5) is 0 Å². The molecule has 0 aromatic rings. The van der Waals surface area contributed by atoms with E-state index < -0.39 is 17.4 Å². The van der Waals surface area contributed by atoms with Gasteiger partial charge in [-0.15, -0.1) is 0 Å². The highest BCUT2D eigenvalue weighted by Crippen LogP contribution is 2.21. The van der Waals surface area contributed by atoms with Gasteiger partial charge in [0.1, 0.15) is 6.04 Å². The largest absolute Gasteiger partial charge is 0.369 e. The molecular weight excluding hydrogens is 144 g/mol. The molecule has 0 aliphatic rings. The standard InChI is InChI=1S/C6H12N4O/c1-6(2,3)4(5(7)11)9-10-8/h4H,1-3H3,(H2,7,11)/t4-/m1/s1. The summed E-state index contributed by atoms with van der Waals surface area (Å²) in [5.74, 6) is -0.588. The quantitative estimate of drug-likeness (QED) is 0.363. The summed E-state index contributed by atoms with van der Waals surface area (Å²) in [6.45, 7) is 5.37. The molecule has 62 valence electrons. The molecule has 0 rings (SSSR count). The average molecular weight is 156 g/mol. The first-order valence-corrected chi connectivity index (χ1v) is 3.23. The maximum absolute atomic E-state index is 10.7. The lowest BCUT2D eigenvalue weighted by Crippen LogP contribution is -2.37. The lowest BCUT2D eigenvalue weighted by Gasteiger charge is -2.23. The first kappa shape index (κ1) is 9.78. The number of amides is 1. The van der Waals surface area contributed by atoms with Crippen LogP contribution in [0.2, 0.25) is 0 Å². The SMILES string of the molecule is CC(C)(C)[C@H](N=[N+]=[N-])C(N)=O. The Morgan fingerprint density at radius 3 is 2.18 bits per heavy atom. The van der Waals surface area contributed by atoms with Crippen molar-refractivity contribution in [2.45, 2.75) is 26.8 Å². The molecule has 0 aliphatic heterocycles. The zero-order valence-electron chi connectivity index (χ0n) is 6.90. The number of nitrogens with two attached hydrogens (primary N) is 1. The molecule has 0 spiro atoms. The van der Waals surface area contributed by atoms with Crippen LogP contribution in [0.15, 0.2) is 5.11 Å². The van der Waals surface area contributed by atoms with Gasteiger partial charge in [-0.1, -0.05) is 25.9 Å². The normalized spacial score (nSPS) is 13.4. The summed E-state index contributed by atoms with van der Waals surface area (Å²) < 4.78 is 0. The van der Waals surface area contributed by atoms with E-state index in [1.54, 1.807) is 20.8 Å². The summed E-state index contributed by atoms with van der Waals surface area (Å²) in [7, 11) is 0. The van der Waals surface area contributed by atoms with Crippen molar-refractivity contribution in [3.8, 4) is 0 Å². The number of azide groups is 1. The van der Waals surface area contributed by atoms with Gasteiger partial charge in [0.25, 0.3) is 0 Å². The fourth-order valence-electron chi connectivity index (χ4n) is 0.709. The van der Waals surface area contributed by atoms with E-state index in [1.165, 1.54) is 0 Å². The molecule has 0 heterocycles. The Hall–Kier alpha value is -1.22. The maximum atomic E-state index is 10.7. The fourth-order valence-corrected chi connectivity index (χ4v) is 0.709. The van der Waals surface area contributed by atoms with E-state index >= 15 is 0 Å². The van der Waals surface area contributed by atoms with E-state index in [0.29, 0.717) is 0 Å². The van der Waals surface area contributed by atoms with Gasteiger partial charge >= 0.3 is 0 Å². The summed E-state index contributed by atoms with van der Waals surface area (Å²) in [6.07, 6.45) is 0. The van der Waals surface area contributed by atoms with Gasteiger partial charge < -0.3 is 5.73 Å². The van der Waals surface area contributed by atoms with Crippen molar-refractivity contribution in [1.29, 1.82) is 0 Å². The Kier molecular flexibility index (Phi) is 2.89. The fraction of sp³-hybridized carbons (Fsp3) is 0.833. The molecule has 0 bridgehead atoms. The molecule has 0 saturated carbocycles. The van der Waals surface area contributed by atoms with Gasteiger partial charge in [0.2, 0.25) is 5.91 Å². The van der Waals surface area contributed by atoms with Crippen LogP contribution in [0.3, 0.4) is 0 Å². The molecular formula is C6H12N4O. The van der Waals surface area contributed by atoms with Gasteiger partial charge in [0, 0.05) is 4.91 Å². The molecule has 0 radical (unpaired) electrons. The molecule has 0 aromatic heterocycles. The van der Waals surface area contributed by atoms with E-state index in [2.05, 4.69) is 10.0 Å². The van der Waals surface area contributed by atoms with Gasteiger partial charge in [0.15, 0.2) is 0 Å². The second-order valence-electron chi connectivity index (χ2n) is 3.38. The summed E-state index contributed by atoms with van der Waals surface area (Å²) in [4.78, 5) is 13.2. The van der Waals surface area contributed by atoms with E-state index in [-0.39, 0.29) is 0 Å². The highest BCUT2D eigenvalue weighted by atomic mass is 16.1. The lowest BCUT2D eigenvalue weighted by molar-refractivity contribution is -0.121. The number of rotatable bonds is 2. The molecule has 11 heavy (non-hydrogen) atoms. The van der Waals surface area contributed by atoms with E-state index in [0.717, 1.165) is 0 Å². The Bertz CT molecular complexity index is 197. The van der Waals surface area contributed by atoms with Crippen molar-refractivity contribution in [2.75, 3.05) is 0 Å². The first-order valence-electron chi connectivity index (χ1n) is 3.23. The van der Waals surface area contributed by atoms with Gasteiger partial charge in [-0.3, -0.25) is 4.79 Å². The third kappa shape index (κ3) is 2.91. The number of carbonyl (C=O) groups excluding carboxylic acids is 1. The molecule has 1 amide bonds. The van der Waals surface area contributed by atoms with Crippen molar-refractivity contribution in [2.24, 2.45) is 16.3 Å². The molecule has 0 saturated heterocycles. The Labute approximate surface area is 65.2 Å². The molecule has 2 N–H and O–H groups in total. The third-order valence-electron chi connectivity index (χ3n) is 1.26. The average Bonchev–Trinajstić information content (AvgIpc) is 1.79. The Morgan fingerprint density at radius 1 is 1.64 bits per heavy atom. The Morgan fingerprint density at radius 2 is 2.09 bits per heavy atom. The van der Waals surface area contributed by atoms with Crippen LogP contribution in [0, 0.1) is 5.41 Å². The molecule has 1 atom stereocenters. The third-order valence-corrected chi connectivity index (χ3v) is 1.26. The highest BCUT2D eigenvalue weighted by molar-refractivity contribution is 5.80. The van der Waals surface area contributed by atoms with Gasteiger partial charge in [-0.2, -0.15) is 0 Å². The molecule has 0 aliphatic carbocycles. The van der Waals surface area contributed by atoms with Gasteiger partial charge in [0.05, 0.1) is 0 Å². The van der Waals surface area contributed by atoms with E-state index in [9.17, 15) is 4.79 Å². The minimum atomic E-state index is -0.771. The van der Waals surface area contributed by atoms with Crippen LogP contribution in [-0.4, -0.2) is 11.9 Å². The van der Waals surface area contributed by atoms with E-state index in [1.807, 2.05) is 0 Å². The molecule has 5 heteroatoms. The predicted octanol–water partition coefficient (Wildman–Crippen LogP) is 1.20. The van der Waals surface area contributed by atoms with E-state index in [4.69, 9.17) is 11.3 Å². The van der Waals surface area contributed by atoms with Crippen LogP contribution >= 0.6 is 0 Å². The smallest absolute Gasteiger partial charge is 0.226 e. The van der Waals surface area contributed by atoms with Crippen molar-refractivity contribution in [3.63, 3.8) is 0 Å².